The minimum atomic E-state index is 0.0187. The van der Waals surface area contributed by atoms with Crippen molar-refractivity contribution in [1.29, 1.82) is 0 Å². The summed E-state index contributed by atoms with van der Waals surface area (Å²) >= 11 is 1.60. The van der Waals surface area contributed by atoms with Crippen LogP contribution in [0.2, 0.25) is 0 Å². The van der Waals surface area contributed by atoms with E-state index in [-0.39, 0.29) is 5.84 Å². The molecule has 4 N–H and O–H groups in total. The molecule has 7 heteroatoms. The molecular formula is C11H13N5OS. The molecule has 2 aromatic rings. The van der Waals surface area contributed by atoms with Gasteiger partial charge in [0.05, 0.1) is 5.51 Å². The van der Waals surface area contributed by atoms with Crippen LogP contribution in [-0.4, -0.2) is 21.0 Å². The number of pyridine rings is 1. The highest BCUT2D eigenvalue weighted by molar-refractivity contribution is 7.09. The van der Waals surface area contributed by atoms with E-state index in [1.54, 1.807) is 23.0 Å². The Labute approximate surface area is 108 Å². The Morgan fingerprint density at radius 1 is 1.50 bits per heavy atom. The minimum Gasteiger partial charge on any atom is -0.409 e. The minimum absolute atomic E-state index is 0.0187. The fourth-order valence-corrected chi connectivity index (χ4v) is 2.07. The Bertz CT molecular complexity index is 526. The van der Waals surface area contributed by atoms with E-state index in [9.17, 15) is 0 Å². The average Bonchev–Trinajstić information content (AvgIpc) is 2.92. The Morgan fingerprint density at radius 2 is 2.39 bits per heavy atom. The summed E-state index contributed by atoms with van der Waals surface area (Å²) in [6, 6.07) is 3.71. The second-order valence-electron chi connectivity index (χ2n) is 3.57. The van der Waals surface area contributed by atoms with Crippen LogP contribution in [0, 0.1) is 0 Å². The summed E-state index contributed by atoms with van der Waals surface area (Å²) in [7, 11) is 0. The molecule has 0 spiro atoms. The van der Waals surface area contributed by atoms with Gasteiger partial charge in [0.25, 0.3) is 0 Å². The molecule has 0 aliphatic carbocycles. The highest BCUT2D eigenvalue weighted by atomic mass is 32.1. The molecule has 0 bridgehead atoms. The summed E-state index contributed by atoms with van der Waals surface area (Å²) in [5.74, 6) is 0.0187. The van der Waals surface area contributed by atoms with Crippen molar-refractivity contribution in [3.05, 3.63) is 46.2 Å². The quantitative estimate of drug-likeness (QED) is 0.322. The Hall–Kier alpha value is -1.99. The third-order valence-electron chi connectivity index (χ3n) is 2.34. The molecule has 0 aliphatic heterocycles. The first-order chi connectivity index (χ1) is 8.81. The molecule has 6 nitrogen and oxygen atoms in total. The summed E-state index contributed by atoms with van der Waals surface area (Å²) in [4.78, 5) is 9.26. The molecule has 0 saturated carbocycles. The van der Waals surface area contributed by atoms with Gasteiger partial charge in [-0.25, -0.2) is 0 Å². The van der Waals surface area contributed by atoms with E-state index in [1.165, 1.54) is 0 Å². The molecule has 0 fully saturated rings. The number of hydrogen-bond donors (Lipinski definition) is 3. The first-order valence-electron chi connectivity index (χ1n) is 5.31. The van der Waals surface area contributed by atoms with Crippen LogP contribution < -0.4 is 11.1 Å². The maximum Gasteiger partial charge on any atom is 0.189 e. The molecule has 18 heavy (non-hydrogen) atoms. The third-order valence-corrected chi connectivity index (χ3v) is 3.12. The van der Waals surface area contributed by atoms with Crippen molar-refractivity contribution < 1.29 is 5.21 Å². The first-order valence-corrected chi connectivity index (χ1v) is 6.19. The van der Waals surface area contributed by atoms with Gasteiger partial charge >= 0.3 is 0 Å². The van der Waals surface area contributed by atoms with E-state index in [0.29, 0.717) is 12.2 Å². The predicted octanol–water partition coefficient (Wildman–Crippen LogP) is 0.922. The number of oxime groups is 1. The van der Waals surface area contributed by atoms with Crippen LogP contribution in [0.1, 0.15) is 16.1 Å². The van der Waals surface area contributed by atoms with Crippen molar-refractivity contribution in [3.63, 3.8) is 0 Å². The molecule has 0 saturated heterocycles. The van der Waals surface area contributed by atoms with Crippen LogP contribution in [0.4, 0.5) is 0 Å². The lowest BCUT2D eigenvalue weighted by Gasteiger charge is -2.07. The molecule has 0 unspecified atom stereocenters. The Kier molecular flexibility index (Phi) is 4.21. The van der Waals surface area contributed by atoms with Gasteiger partial charge in [-0.05, 0) is 11.6 Å². The molecule has 0 radical (unpaired) electrons. The zero-order valence-electron chi connectivity index (χ0n) is 9.58. The average molecular weight is 263 g/mol. The van der Waals surface area contributed by atoms with E-state index in [4.69, 9.17) is 10.9 Å². The molecule has 2 heterocycles. The van der Waals surface area contributed by atoms with Crippen molar-refractivity contribution in [2.45, 2.75) is 13.1 Å². The standard InChI is InChI=1S/C11H13N5OS/c12-11(16-17)10-8(2-1-3-15-10)4-13-5-9-6-14-7-18-9/h1-3,6-7,13,17H,4-5H2,(H2,12,16). The number of thiazole rings is 1. The summed E-state index contributed by atoms with van der Waals surface area (Å²) in [5.41, 5.74) is 8.74. The van der Waals surface area contributed by atoms with E-state index in [2.05, 4.69) is 20.4 Å². The number of nitrogens with two attached hydrogens (primary N) is 1. The van der Waals surface area contributed by atoms with Crippen molar-refractivity contribution in [2.24, 2.45) is 10.9 Å². The zero-order valence-corrected chi connectivity index (χ0v) is 10.4. The summed E-state index contributed by atoms with van der Waals surface area (Å²) < 4.78 is 0. The van der Waals surface area contributed by atoms with Gasteiger partial charge in [-0.1, -0.05) is 11.2 Å². The maximum absolute atomic E-state index is 8.68. The number of nitrogens with zero attached hydrogens (tertiary/aromatic N) is 3. The summed E-state index contributed by atoms with van der Waals surface area (Å²) in [6.45, 7) is 1.33. The van der Waals surface area contributed by atoms with Crippen molar-refractivity contribution in [3.8, 4) is 0 Å². The van der Waals surface area contributed by atoms with Crippen LogP contribution in [0.25, 0.3) is 0 Å². The second-order valence-corrected chi connectivity index (χ2v) is 4.54. The van der Waals surface area contributed by atoms with Crippen molar-refractivity contribution in [1.82, 2.24) is 15.3 Å². The van der Waals surface area contributed by atoms with E-state index in [0.717, 1.165) is 17.0 Å². The van der Waals surface area contributed by atoms with E-state index in [1.807, 2.05) is 18.3 Å². The van der Waals surface area contributed by atoms with Crippen molar-refractivity contribution in [2.75, 3.05) is 0 Å². The third kappa shape index (κ3) is 3.02. The monoisotopic (exact) mass is 263 g/mol. The number of amidine groups is 1. The van der Waals surface area contributed by atoms with Gasteiger partial charge in [0.1, 0.15) is 5.69 Å². The SMILES string of the molecule is N/C(=N/O)c1ncccc1CNCc1cncs1. The lowest BCUT2D eigenvalue weighted by Crippen LogP contribution is -2.21. The maximum atomic E-state index is 8.68. The highest BCUT2D eigenvalue weighted by Gasteiger charge is 2.07. The number of aromatic nitrogens is 2. The molecule has 2 aromatic heterocycles. The Balaban J connectivity index is 2.01. The smallest absolute Gasteiger partial charge is 0.189 e. The first kappa shape index (κ1) is 12.5. The largest absolute Gasteiger partial charge is 0.409 e. The zero-order chi connectivity index (χ0) is 12.8. The fraction of sp³-hybridized carbons (Fsp3) is 0.182. The van der Waals surface area contributed by atoms with Crippen molar-refractivity contribution >= 4 is 17.2 Å². The van der Waals surface area contributed by atoms with Gasteiger partial charge in [0.2, 0.25) is 0 Å². The molecule has 0 aromatic carbocycles. The molecule has 94 valence electrons. The lowest BCUT2D eigenvalue weighted by molar-refractivity contribution is 0.318. The molecule has 0 atom stereocenters. The van der Waals surface area contributed by atoms with Gasteiger partial charge < -0.3 is 16.3 Å². The number of rotatable bonds is 5. The van der Waals surface area contributed by atoms with Gasteiger partial charge in [-0.3, -0.25) is 9.97 Å². The van der Waals surface area contributed by atoms with Gasteiger partial charge in [0.15, 0.2) is 5.84 Å². The second kappa shape index (κ2) is 6.08. The van der Waals surface area contributed by atoms with Crippen LogP contribution in [-0.2, 0) is 13.1 Å². The van der Waals surface area contributed by atoms with Crippen LogP contribution in [0.15, 0.2) is 35.2 Å². The Morgan fingerprint density at radius 3 is 3.11 bits per heavy atom. The number of nitrogens with one attached hydrogen (secondary N) is 1. The molecular weight excluding hydrogens is 250 g/mol. The van der Waals surface area contributed by atoms with Gasteiger partial charge in [-0.15, -0.1) is 11.3 Å². The normalized spacial score (nSPS) is 11.7. The number of hydrogen-bond acceptors (Lipinski definition) is 6. The molecule has 0 amide bonds. The summed E-state index contributed by atoms with van der Waals surface area (Å²) in [5, 5.41) is 14.9. The van der Waals surface area contributed by atoms with E-state index < -0.39 is 0 Å². The van der Waals surface area contributed by atoms with Crippen LogP contribution in [0.3, 0.4) is 0 Å². The molecule has 2 rings (SSSR count). The topological polar surface area (TPSA) is 96.4 Å². The highest BCUT2D eigenvalue weighted by Crippen LogP contribution is 2.07. The predicted molar refractivity (Wildman–Crippen MR) is 69.4 cm³/mol. The van der Waals surface area contributed by atoms with Gasteiger partial charge in [0, 0.05) is 30.4 Å². The summed E-state index contributed by atoms with van der Waals surface area (Å²) in [6.07, 6.45) is 3.44. The lowest BCUT2D eigenvalue weighted by atomic mass is 10.2. The van der Waals surface area contributed by atoms with Crippen LogP contribution in [0.5, 0.6) is 0 Å². The van der Waals surface area contributed by atoms with Gasteiger partial charge in [-0.2, -0.15) is 0 Å². The van der Waals surface area contributed by atoms with Crippen LogP contribution >= 0.6 is 11.3 Å². The van der Waals surface area contributed by atoms with E-state index >= 15 is 0 Å². The molecule has 0 aliphatic rings. The fourth-order valence-electron chi connectivity index (χ4n) is 1.51.